The summed E-state index contributed by atoms with van der Waals surface area (Å²) in [4.78, 5) is 17.0. The van der Waals surface area contributed by atoms with E-state index in [9.17, 15) is 4.79 Å². The van der Waals surface area contributed by atoms with Crippen molar-refractivity contribution in [1.82, 2.24) is 24.9 Å². The summed E-state index contributed by atoms with van der Waals surface area (Å²) in [6.45, 7) is 8.44. The number of ether oxygens (including phenoxy) is 1. The van der Waals surface area contributed by atoms with Crippen LogP contribution in [-0.4, -0.2) is 30.8 Å². The molecule has 0 fully saturated rings. The van der Waals surface area contributed by atoms with E-state index < -0.39 is 0 Å². The molecule has 0 spiro atoms. The number of allylic oxidation sites excluding steroid dienone is 1. The van der Waals surface area contributed by atoms with Crippen molar-refractivity contribution in [3.8, 4) is 5.75 Å². The van der Waals surface area contributed by atoms with Gasteiger partial charge in [0, 0.05) is 11.9 Å². The zero-order valence-electron chi connectivity index (χ0n) is 18.8. The maximum atomic E-state index is 12.5. The number of nitrogens with zero attached hydrogens (tertiary/aromatic N) is 4. The first-order chi connectivity index (χ1) is 16.4. The van der Waals surface area contributed by atoms with Gasteiger partial charge in [-0.1, -0.05) is 23.4 Å². The van der Waals surface area contributed by atoms with Gasteiger partial charge in [0.2, 0.25) is 5.91 Å². The summed E-state index contributed by atoms with van der Waals surface area (Å²) in [5.74, 6) is 2.09. The molecule has 4 rings (SSSR count). The number of carbonyl (C=O) groups is 1. The van der Waals surface area contributed by atoms with Crippen molar-refractivity contribution in [2.75, 3.05) is 5.32 Å². The van der Waals surface area contributed by atoms with Gasteiger partial charge in [-0.25, -0.2) is 4.98 Å². The number of aryl methyl sites for hydroxylation is 2. The number of carbonyl (C=O) groups excluding carboxylic acids is 1. The molecule has 3 heterocycles. The highest BCUT2D eigenvalue weighted by Crippen LogP contribution is 2.20. The molecule has 0 aliphatic heterocycles. The summed E-state index contributed by atoms with van der Waals surface area (Å²) in [7, 11) is 0. The Morgan fingerprint density at radius 1 is 1.35 bits per heavy atom. The predicted octanol–water partition coefficient (Wildman–Crippen LogP) is 4.54. The number of aromatic amines is 1. The number of benzene rings is 1. The smallest absolute Gasteiger partial charge is 0.230 e. The zero-order chi connectivity index (χ0) is 24.1. The summed E-state index contributed by atoms with van der Waals surface area (Å²) in [6, 6.07) is 7.44. The van der Waals surface area contributed by atoms with Crippen molar-refractivity contribution in [2.24, 2.45) is 0 Å². The number of H-pyrrole nitrogens is 1. The van der Waals surface area contributed by atoms with Gasteiger partial charge in [-0.2, -0.15) is 5.10 Å². The van der Waals surface area contributed by atoms with E-state index >= 15 is 0 Å². The highest BCUT2D eigenvalue weighted by Gasteiger charge is 2.12. The molecular weight excluding hydrogens is 472 g/mol. The predicted molar refractivity (Wildman–Crippen MR) is 132 cm³/mol. The number of aromatic nitrogens is 5. The van der Waals surface area contributed by atoms with Crippen molar-refractivity contribution >= 4 is 34.6 Å². The molecule has 176 valence electrons. The highest BCUT2D eigenvalue weighted by atomic mass is 32.1. The quantitative estimate of drug-likeness (QED) is 0.245. The first-order valence-corrected chi connectivity index (χ1v) is 11.8. The Bertz CT molecular complexity index is 1330. The second-order valence-corrected chi connectivity index (χ2v) is 8.87. The Kier molecular flexibility index (Phi) is 7.33. The lowest BCUT2D eigenvalue weighted by atomic mass is 10.1. The number of hydrogen-bond donors (Lipinski definition) is 2. The van der Waals surface area contributed by atoms with Crippen LogP contribution in [-0.2, 0) is 30.8 Å². The normalized spacial score (nSPS) is 10.9. The van der Waals surface area contributed by atoms with Crippen molar-refractivity contribution in [3.63, 3.8) is 0 Å². The van der Waals surface area contributed by atoms with Crippen LogP contribution in [0.2, 0.25) is 0 Å². The molecule has 0 bridgehead atoms. The third-order valence-corrected chi connectivity index (χ3v) is 6.26. The lowest BCUT2D eigenvalue weighted by Gasteiger charge is -2.07. The van der Waals surface area contributed by atoms with Gasteiger partial charge in [0.15, 0.2) is 9.90 Å². The largest absolute Gasteiger partial charge is 0.489 e. The van der Waals surface area contributed by atoms with Gasteiger partial charge in [-0.05, 0) is 43.8 Å². The summed E-state index contributed by atoms with van der Waals surface area (Å²) >= 11 is 6.61. The molecule has 0 saturated carbocycles. The molecule has 2 N–H and O–H groups in total. The zero-order valence-corrected chi connectivity index (χ0v) is 20.5. The number of anilines is 1. The minimum atomic E-state index is -0.139. The van der Waals surface area contributed by atoms with Gasteiger partial charge in [0.1, 0.15) is 23.9 Å². The van der Waals surface area contributed by atoms with E-state index in [-0.39, 0.29) is 12.3 Å². The van der Waals surface area contributed by atoms with E-state index in [1.165, 1.54) is 11.3 Å². The maximum absolute atomic E-state index is 12.5. The molecule has 1 amide bonds. The Morgan fingerprint density at radius 3 is 2.85 bits per heavy atom. The first kappa shape index (κ1) is 23.6. The average molecular weight is 497 g/mol. The average Bonchev–Trinajstić information content (AvgIpc) is 3.49. The third kappa shape index (κ3) is 5.67. The topological polar surface area (TPSA) is 111 Å². The Morgan fingerprint density at radius 2 is 2.15 bits per heavy atom. The second kappa shape index (κ2) is 10.6. The fourth-order valence-electron chi connectivity index (χ4n) is 3.33. The Labute approximate surface area is 205 Å². The number of amides is 1. The molecular formula is C23H24N6O3S2. The van der Waals surface area contributed by atoms with E-state index in [4.69, 9.17) is 21.5 Å². The van der Waals surface area contributed by atoms with Gasteiger partial charge < -0.3 is 14.6 Å². The maximum Gasteiger partial charge on any atom is 0.230 e. The van der Waals surface area contributed by atoms with Gasteiger partial charge in [-0.15, -0.1) is 17.9 Å². The van der Waals surface area contributed by atoms with Gasteiger partial charge in [-0.3, -0.25) is 14.5 Å². The van der Waals surface area contributed by atoms with Crippen molar-refractivity contribution in [2.45, 2.75) is 39.8 Å². The van der Waals surface area contributed by atoms with E-state index in [0.29, 0.717) is 35.2 Å². The lowest BCUT2D eigenvalue weighted by molar-refractivity contribution is -0.115. The van der Waals surface area contributed by atoms with Crippen LogP contribution in [0.4, 0.5) is 5.13 Å². The summed E-state index contributed by atoms with van der Waals surface area (Å²) < 4.78 is 13.4. The van der Waals surface area contributed by atoms with Crippen LogP contribution in [0.25, 0.3) is 0 Å². The molecule has 0 aliphatic rings. The highest BCUT2D eigenvalue weighted by molar-refractivity contribution is 7.71. The molecule has 0 atom stereocenters. The van der Waals surface area contributed by atoms with Gasteiger partial charge in [0.05, 0.1) is 29.8 Å². The SMILES string of the molecule is C=CCn1c(Cc2csc(NC(=O)Cc3ccc(OCc4c(C)noc4C)cc3)n2)n[nH]c1=S. The van der Waals surface area contributed by atoms with E-state index in [0.717, 1.165) is 34.1 Å². The molecule has 0 aliphatic carbocycles. The van der Waals surface area contributed by atoms with Crippen LogP contribution in [0.15, 0.2) is 46.8 Å². The van der Waals surface area contributed by atoms with E-state index in [1.807, 2.05) is 48.1 Å². The van der Waals surface area contributed by atoms with Gasteiger partial charge in [0.25, 0.3) is 0 Å². The van der Waals surface area contributed by atoms with Crippen molar-refractivity contribution in [1.29, 1.82) is 0 Å². The molecule has 11 heteroatoms. The second-order valence-electron chi connectivity index (χ2n) is 7.63. The standard InChI is InChI=1S/C23H24N6O3S2/c1-4-9-29-20(26-27-23(29)33)11-17-13-34-22(24-17)25-21(30)10-16-5-7-18(8-6-16)31-12-19-14(2)28-32-15(19)3/h4-8,13H,1,9-12H2,2-3H3,(H,27,33)(H,24,25,30). The molecule has 0 saturated heterocycles. The van der Waals surface area contributed by atoms with E-state index in [1.54, 1.807) is 6.08 Å². The fourth-order valence-corrected chi connectivity index (χ4v) is 4.28. The molecule has 3 aromatic heterocycles. The van der Waals surface area contributed by atoms with Crippen LogP contribution < -0.4 is 10.1 Å². The molecule has 0 unspecified atom stereocenters. The Hall–Kier alpha value is -3.57. The fraction of sp³-hybridized carbons (Fsp3) is 0.261. The molecule has 0 radical (unpaired) electrons. The van der Waals surface area contributed by atoms with Crippen molar-refractivity contribution < 1.29 is 14.1 Å². The summed E-state index contributed by atoms with van der Waals surface area (Å²) in [5.41, 5.74) is 3.44. The van der Waals surface area contributed by atoms with Crippen LogP contribution >= 0.6 is 23.6 Å². The summed E-state index contributed by atoms with van der Waals surface area (Å²) in [6.07, 6.45) is 2.50. The van der Waals surface area contributed by atoms with Crippen LogP contribution in [0.5, 0.6) is 5.75 Å². The first-order valence-electron chi connectivity index (χ1n) is 10.6. The minimum Gasteiger partial charge on any atom is -0.489 e. The summed E-state index contributed by atoms with van der Waals surface area (Å²) in [5, 5.41) is 16.3. The van der Waals surface area contributed by atoms with E-state index in [2.05, 4.69) is 32.2 Å². The Balaban J connectivity index is 1.30. The lowest BCUT2D eigenvalue weighted by Crippen LogP contribution is -2.14. The molecule has 4 aromatic rings. The monoisotopic (exact) mass is 496 g/mol. The van der Waals surface area contributed by atoms with Crippen LogP contribution in [0.1, 0.15) is 34.1 Å². The molecule has 34 heavy (non-hydrogen) atoms. The molecule has 9 nitrogen and oxygen atoms in total. The number of hydrogen-bond acceptors (Lipinski definition) is 8. The van der Waals surface area contributed by atoms with Gasteiger partial charge >= 0.3 is 0 Å². The van der Waals surface area contributed by atoms with Crippen molar-refractivity contribution in [3.05, 3.63) is 81.2 Å². The number of nitrogens with one attached hydrogen (secondary N) is 2. The molecule has 1 aromatic carbocycles. The number of rotatable bonds is 10. The van der Waals surface area contributed by atoms with Crippen LogP contribution in [0.3, 0.4) is 0 Å². The minimum absolute atomic E-state index is 0.139. The number of thiazole rings is 1. The third-order valence-electron chi connectivity index (χ3n) is 5.14. The van der Waals surface area contributed by atoms with Crippen LogP contribution in [0, 0.1) is 18.6 Å².